The van der Waals surface area contributed by atoms with Gasteiger partial charge >= 0.3 is 5.97 Å². The number of hydrogen-bond donors (Lipinski definition) is 3. The predicted molar refractivity (Wildman–Crippen MR) is 68.1 cm³/mol. The average molecular weight is 271 g/mol. The second-order valence-electron chi connectivity index (χ2n) is 4.65. The lowest BCUT2D eigenvalue weighted by Crippen LogP contribution is -2.18. The van der Waals surface area contributed by atoms with E-state index < -0.39 is 5.97 Å². The molecule has 6 heteroatoms. The average Bonchev–Trinajstić information content (AvgIpc) is 3.08. The first kappa shape index (κ1) is 13.1. The Bertz CT molecular complexity index is 461. The molecule has 0 saturated heterocycles. The second-order valence-corrected chi connectivity index (χ2v) is 5.03. The number of aliphatic hydroxyl groups excluding tert-OH is 1. The maximum Gasteiger partial charge on any atom is 0.337 e. The number of anilines is 1. The van der Waals surface area contributed by atoms with Gasteiger partial charge in [-0.25, -0.2) is 9.78 Å². The fraction of sp³-hybridized carbons (Fsp3) is 0.500. The molecule has 1 aliphatic carbocycles. The van der Waals surface area contributed by atoms with Crippen molar-refractivity contribution in [3.8, 4) is 0 Å². The highest BCUT2D eigenvalue weighted by Crippen LogP contribution is 2.48. The van der Waals surface area contributed by atoms with Crippen LogP contribution in [0.3, 0.4) is 0 Å². The molecule has 0 spiro atoms. The predicted octanol–water partition coefficient (Wildman–Crippen LogP) is 2.01. The monoisotopic (exact) mass is 270 g/mol. The molecule has 98 valence electrons. The third-order valence-electron chi connectivity index (χ3n) is 3.35. The van der Waals surface area contributed by atoms with Gasteiger partial charge in [-0.05, 0) is 30.7 Å². The Morgan fingerprint density at radius 1 is 1.56 bits per heavy atom. The van der Waals surface area contributed by atoms with Crippen molar-refractivity contribution in [3.05, 3.63) is 22.8 Å². The molecule has 0 bridgehead atoms. The van der Waals surface area contributed by atoms with Crippen LogP contribution in [-0.4, -0.2) is 34.3 Å². The van der Waals surface area contributed by atoms with Crippen molar-refractivity contribution in [3.63, 3.8) is 0 Å². The van der Waals surface area contributed by atoms with Crippen molar-refractivity contribution >= 4 is 23.4 Å². The summed E-state index contributed by atoms with van der Waals surface area (Å²) in [4.78, 5) is 15.0. The van der Waals surface area contributed by atoms with Gasteiger partial charge in [0.15, 0.2) is 0 Å². The Morgan fingerprint density at radius 2 is 2.28 bits per heavy atom. The lowest BCUT2D eigenvalue weighted by molar-refractivity contribution is 0.0697. The minimum Gasteiger partial charge on any atom is -0.478 e. The molecule has 0 atom stereocenters. The van der Waals surface area contributed by atoms with Crippen LogP contribution in [0.2, 0.25) is 5.02 Å². The lowest BCUT2D eigenvalue weighted by Gasteiger charge is -2.16. The summed E-state index contributed by atoms with van der Waals surface area (Å²) in [6.45, 7) is 0.821. The molecule has 1 heterocycles. The number of carbonyl (C=O) groups is 1. The number of aliphatic hydroxyl groups is 1. The number of carboxylic acids is 1. The van der Waals surface area contributed by atoms with Crippen LogP contribution in [0.4, 0.5) is 5.82 Å². The van der Waals surface area contributed by atoms with Crippen LogP contribution in [0.25, 0.3) is 0 Å². The smallest absolute Gasteiger partial charge is 0.337 e. The zero-order valence-electron chi connectivity index (χ0n) is 9.82. The first-order valence-corrected chi connectivity index (χ1v) is 6.18. The number of hydrogen-bond acceptors (Lipinski definition) is 4. The number of carboxylic acid groups (broad SMARTS) is 1. The van der Waals surface area contributed by atoms with Crippen LogP contribution < -0.4 is 5.32 Å². The third kappa shape index (κ3) is 2.73. The van der Waals surface area contributed by atoms with Gasteiger partial charge in [0.25, 0.3) is 0 Å². The molecular weight excluding hydrogens is 256 g/mol. The van der Waals surface area contributed by atoms with E-state index in [9.17, 15) is 4.79 Å². The van der Waals surface area contributed by atoms with Crippen LogP contribution in [-0.2, 0) is 0 Å². The Morgan fingerprint density at radius 3 is 2.83 bits per heavy atom. The van der Waals surface area contributed by atoms with Gasteiger partial charge in [-0.3, -0.25) is 0 Å². The Kier molecular flexibility index (Phi) is 3.73. The summed E-state index contributed by atoms with van der Waals surface area (Å²) in [5, 5.41) is 21.1. The summed E-state index contributed by atoms with van der Waals surface area (Å²) in [6, 6.07) is 1.37. The minimum atomic E-state index is -1.07. The molecule has 1 saturated carbocycles. The van der Waals surface area contributed by atoms with Crippen LogP contribution in [0, 0.1) is 5.41 Å². The van der Waals surface area contributed by atoms with Gasteiger partial charge in [-0.1, -0.05) is 11.6 Å². The van der Waals surface area contributed by atoms with Gasteiger partial charge in [0, 0.05) is 19.3 Å². The first-order chi connectivity index (χ1) is 8.58. The van der Waals surface area contributed by atoms with E-state index in [0.717, 1.165) is 19.3 Å². The second kappa shape index (κ2) is 5.12. The molecule has 1 aliphatic rings. The number of nitrogens with zero attached hydrogens (tertiary/aromatic N) is 1. The zero-order valence-corrected chi connectivity index (χ0v) is 10.6. The summed E-state index contributed by atoms with van der Waals surface area (Å²) in [5.74, 6) is -0.678. The van der Waals surface area contributed by atoms with Crippen molar-refractivity contribution in [1.29, 1.82) is 0 Å². The fourth-order valence-electron chi connectivity index (χ4n) is 1.93. The highest BCUT2D eigenvalue weighted by atomic mass is 35.5. The number of pyridine rings is 1. The van der Waals surface area contributed by atoms with E-state index in [-0.39, 0.29) is 22.6 Å². The SMILES string of the molecule is O=C(O)c1ccnc(NCC2(CCO)CC2)c1Cl. The largest absolute Gasteiger partial charge is 0.478 e. The Hall–Kier alpha value is -1.33. The van der Waals surface area contributed by atoms with Crippen molar-refractivity contribution in [2.45, 2.75) is 19.3 Å². The number of rotatable bonds is 6. The maximum absolute atomic E-state index is 10.9. The summed E-state index contributed by atoms with van der Waals surface area (Å²) in [5.41, 5.74) is 0.167. The van der Waals surface area contributed by atoms with Crippen LogP contribution in [0.1, 0.15) is 29.6 Å². The number of aromatic nitrogens is 1. The van der Waals surface area contributed by atoms with E-state index >= 15 is 0 Å². The molecule has 0 aromatic carbocycles. The fourth-order valence-corrected chi connectivity index (χ4v) is 2.19. The summed E-state index contributed by atoms with van der Waals surface area (Å²) >= 11 is 5.97. The summed E-state index contributed by atoms with van der Waals surface area (Å²) < 4.78 is 0. The van der Waals surface area contributed by atoms with Crippen molar-refractivity contribution in [1.82, 2.24) is 4.98 Å². The van der Waals surface area contributed by atoms with Gasteiger partial charge in [-0.15, -0.1) is 0 Å². The third-order valence-corrected chi connectivity index (χ3v) is 3.73. The molecular formula is C12H15ClN2O3. The topological polar surface area (TPSA) is 82.5 Å². The quantitative estimate of drug-likeness (QED) is 0.737. The molecule has 2 rings (SSSR count). The zero-order chi connectivity index (χ0) is 13.2. The highest BCUT2D eigenvalue weighted by molar-refractivity contribution is 6.35. The molecule has 3 N–H and O–H groups in total. The molecule has 0 aliphatic heterocycles. The van der Waals surface area contributed by atoms with E-state index in [2.05, 4.69) is 10.3 Å². The number of halogens is 1. The summed E-state index contributed by atoms with van der Waals surface area (Å²) in [7, 11) is 0. The van der Waals surface area contributed by atoms with E-state index in [1.165, 1.54) is 12.3 Å². The Balaban J connectivity index is 2.06. The highest BCUT2D eigenvalue weighted by Gasteiger charge is 2.41. The molecule has 18 heavy (non-hydrogen) atoms. The van der Waals surface area contributed by atoms with Crippen molar-refractivity contribution < 1.29 is 15.0 Å². The molecule has 1 aromatic heterocycles. The van der Waals surface area contributed by atoms with Crippen LogP contribution in [0.5, 0.6) is 0 Å². The molecule has 1 fully saturated rings. The molecule has 0 radical (unpaired) electrons. The van der Waals surface area contributed by atoms with Gasteiger partial charge < -0.3 is 15.5 Å². The van der Waals surface area contributed by atoms with Crippen molar-refractivity contribution in [2.75, 3.05) is 18.5 Å². The number of nitrogens with one attached hydrogen (secondary N) is 1. The van der Waals surface area contributed by atoms with Gasteiger partial charge in [-0.2, -0.15) is 0 Å². The minimum absolute atomic E-state index is 0.0428. The standard InChI is InChI=1S/C12H15ClN2O3/c13-9-8(11(17)18)1-5-14-10(9)15-7-12(2-3-12)4-6-16/h1,5,16H,2-4,6-7H2,(H,14,15)(H,17,18). The normalized spacial score (nSPS) is 16.3. The first-order valence-electron chi connectivity index (χ1n) is 5.80. The van der Waals surface area contributed by atoms with E-state index in [1.807, 2.05) is 0 Å². The van der Waals surface area contributed by atoms with Gasteiger partial charge in [0.2, 0.25) is 0 Å². The van der Waals surface area contributed by atoms with Gasteiger partial charge in [0.05, 0.1) is 10.6 Å². The van der Waals surface area contributed by atoms with E-state index in [0.29, 0.717) is 12.4 Å². The van der Waals surface area contributed by atoms with Gasteiger partial charge in [0.1, 0.15) is 5.82 Å². The van der Waals surface area contributed by atoms with Crippen molar-refractivity contribution in [2.24, 2.45) is 5.41 Å². The molecule has 0 unspecified atom stereocenters. The Labute approximate surface area is 110 Å². The van der Waals surface area contributed by atoms with E-state index in [4.69, 9.17) is 21.8 Å². The summed E-state index contributed by atoms with van der Waals surface area (Å²) in [6.07, 6.45) is 4.30. The number of aromatic carboxylic acids is 1. The molecule has 1 aromatic rings. The van der Waals surface area contributed by atoms with Crippen LogP contribution in [0.15, 0.2) is 12.3 Å². The lowest BCUT2D eigenvalue weighted by atomic mass is 10.0. The van der Waals surface area contributed by atoms with E-state index in [1.54, 1.807) is 0 Å². The molecule has 0 amide bonds. The molecule has 5 nitrogen and oxygen atoms in total. The van der Waals surface area contributed by atoms with Crippen LogP contribution >= 0.6 is 11.6 Å². The maximum atomic E-state index is 10.9.